The summed E-state index contributed by atoms with van der Waals surface area (Å²) in [5, 5.41) is 6.67. The van der Waals surface area contributed by atoms with Crippen LogP contribution in [0.1, 0.15) is 25.5 Å². The number of carbonyl (C=O) groups is 1. The van der Waals surface area contributed by atoms with E-state index in [4.69, 9.17) is 18.9 Å². The van der Waals surface area contributed by atoms with Gasteiger partial charge in [-0.25, -0.2) is 9.78 Å². The summed E-state index contributed by atoms with van der Waals surface area (Å²) in [5.74, 6) is 0.943. The number of para-hydroxylation sites is 2. The van der Waals surface area contributed by atoms with Crippen LogP contribution in [-0.4, -0.2) is 40.1 Å². The Morgan fingerprint density at radius 3 is 2.62 bits per heavy atom. The van der Waals surface area contributed by atoms with Crippen LogP contribution in [0.3, 0.4) is 0 Å². The molecule has 0 radical (unpaired) electrons. The van der Waals surface area contributed by atoms with Crippen LogP contribution in [0.2, 0.25) is 0 Å². The van der Waals surface area contributed by atoms with Gasteiger partial charge in [0.15, 0.2) is 5.76 Å². The lowest BCUT2D eigenvalue weighted by atomic mass is 10.2. The zero-order valence-corrected chi connectivity index (χ0v) is 22.2. The van der Waals surface area contributed by atoms with E-state index in [0.717, 1.165) is 21.9 Å². The summed E-state index contributed by atoms with van der Waals surface area (Å²) in [6, 6.07) is 21.6. The monoisotopic (exact) mass is 534 g/mol. The Bertz CT molecular complexity index is 1980. The number of esters is 1. The molecule has 9 nitrogen and oxygen atoms in total. The molecule has 6 aromatic rings. The number of carbonyl (C=O) groups excluding carboxylic acids is 1. The SMILES string of the molecule is CCOC(=O)[C@H](C)n1cc(C=Nn2c(-c3cc4c(OC)cccc4o3)nc3ccccc3c2=O)c2ccccc21. The van der Waals surface area contributed by atoms with E-state index in [2.05, 4.69) is 5.10 Å². The molecule has 3 aromatic carbocycles. The lowest BCUT2D eigenvalue weighted by Crippen LogP contribution is -2.20. The van der Waals surface area contributed by atoms with Crippen LogP contribution in [0.4, 0.5) is 0 Å². The summed E-state index contributed by atoms with van der Waals surface area (Å²) < 4.78 is 19.9. The van der Waals surface area contributed by atoms with Gasteiger partial charge in [-0.15, -0.1) is 0 Å². The van der Waals surface area contributed by atoms with Gasteiger partial charge in [0, 0.05) is 22.7 Å². The fourth-order valence-electron chi connectivity index (χ4n) is 4.86. The average molecular weight is 535 g/mol. The largest absolute Gasteiger partial charge is 0.496 e. The Balaban J connectivity index is 1.53. The molecule has 0 N–H and O–H groups in total. The molecule has 0 saturated heterocycles. The summed E-state index contributed by atoms with van der Waals surface area (Å²) in [7, 11) is 1.59. The van der Waals surface area contributed by atoms with Crippen molar-refractivity contribution >= 4 is 45.0 Å². The highest BCUT2D eigenvalue weighted by molar-refractivity contribution is 6.00. The fraction of sp³-hybridized carbons (Fsp3) is 0.161. The summed E-state index contributed by atoms with van der Waals surface area (Å²) in [5.41, 5.74) is 2.36. The second-order valence-corrected chi connectivity index (χ2v) is 9.23. The third-order valence-electron chi connectivity index (χ3n) is 6.84. The van der Waals surface area contributed by atoms with Gasteiger partial charge in [-0.2, -0.15) is 9.78 Å². The molecule has 3 aromatic heterocycles. The number of methoxy groups -OCH3 is 1. The standard InChI is InChI=1S/C31H26N4O5/c1-4-39-31(37)19(2)34-18-20(21-10-6-8-13-25(21)34)17-32-35-29(33-24-12-7-5-11-22(24)30(35)36)28-16-23-26(38-3)14-9-15-27(23)40-28/h5-19H,4H2,1-3H3/t19-/m0/s1. The molecule has 0 unspecified atom stereocenters. The Labute approximate surface area is 228 Å². The van der Waals surface area contributed by atoms with Gasteiger partial charge in [0.2, 0.25) is 5.82 Å². The third-order valence-corrected chi connectivity index (χ3v) is 6.84. The van der Waals surface area contributed by atoms with Crippen LogP contribution >= 0.6 is 0 Å². The van der Waals surface area contributed by atoms with Crippen molar-refractivity contribution in [3.8, 4) is 17.3 Å². The van der Waals surface area contributed by atoms with Crippen molar-refractivity contribution in [2.24, 2.45) is 5.10 Å². The van der Waals surface area contributed by atoms with Crippen LogP contribution in [-0.2, 0) is 9.53 Å². The number of hydrogen-bond donors (Lipinski definition) is 0. The minimum Gasteiger partial charge on any atom is -0.496 e. The molecule has 9 heteroatoms. The number of furan rings is 1. The Morgan fingerprint density at radius 2 is 1.82 bits per heavy atom. The maximum atomic E-state index is 13.7. The van der Waals surface area contributed by atoms with Crippen molar-refractivity contribution in [3.05, 3.63) is 94.9 Å². The molecule has 0 saturated carbocycles. The van der Waals surface area contributed by atoms with Crippen LogP contribution in [0.5, 0.6) is 5.75 Å². The van der Waals surface area contributed by atoms with E-state index in [1.165, 1.54) is 4.68 Å². The summed E-state index contributed by atoms with van der Waals surface area (Å²) in [4.78, 5) is 31.0. The molecule has 0 spiro atoms. The maximum absolute atomic E-state index is 13.7. The topological polar surface area (TPSA) is 101 Å². The molecule has 0 bridgehead atoms. The van der Waals surface area contributed by atoms with Crippen molar-refractivity contribution in [1.29, 1.82) is 0 Å². The van der Waals surface area contributed by atoms with Crippen LogP contribution in [0, 0.1) is 0 Å². The molecule has 0 aliphatic rings. The molecule has 0 aliphatic heterocycles. The summed E-state index contributed by atoms with van der Waals surface area (Å²) in [6.07, 6.45) is 3.43. The van der Waals surface area contributed by atoms with E-state index in [9.17, 15) is 9.59 Å². The van der Waals surface area contributed by atoms with Crippen molar-refractivity contribution in [2.45, 2.75) is 19.9 Å². The van der Waals surface area contributed by atoms with E-state index >= 15 is 0 Å². The first-order valence-electron chi connectivity index (χ1n) is 12.9. The van der Waals surface area contributed by atoms with Gasteiger partial charge in [-0.1, -0.05) is 36.4 Å². The molecule has 200 valence electrons. The third kappa shape index (κ3) is 4.21. The zero-order valence-electron chi connectivity index (χ0n) is 22.2. The molecule has 3 heterocycles. The smallest absolute Gasteiger partial charge is 0.328 e. The number of nitrogens with zero attached hydrogens (tertiary/aromatic N) is 4. The average Bonchev–Trinajstić information content (AvgIpc) is 3.58. The van der Waals surface area contributed by atoms with E-state index in [-0.39, 0.29) is 17.4 Å². The van der Waals surface area contributed by atoms with E-state index < -0.39 is 6.04 Å². The van der Waals surface area contributed by atoms with Gasteiger partial charge in [-0.05, 0) is 50.2 Å². The Hall–Kier alpha value is -5.18. The first kappa shape index (κ1) is 25.1. The Morgan fingerprint density at radius 1 is 1.05 bits per heavy atom. The highest BCUT2D eigenvalue weighted by Gasteiger charge is 2.21. The number of benzene rings is 3. The molecular weight excluding hydrogens is 508 g/mol. The van der Waals surface area contributed by atoms with Gasteiger partial charge in [-0.3, -0.25) is 4.79 Å². The number of aromatic nitrogens is 3. The second-order valence-electron chi connectivity index (χ2n) is 9.23. The zero-order chi connectivity index (χ0) is 27.8. The van der Waals surface area contributed by atoms with E-state index in [1.54, 1.807) is 51.4 Å². The number of fused-ring (bicyclic) bond motifs is 3. The highest BCUT2D eigenvalue weighted by atomic mass is 16.5. The first-order valence-corrected chi connectivity index (χ1v) is 12.9. The second kappa shape index (κ2) is 10.2. The maximum Gasteiger partial charge on any atom is 0.328 e. The number of rotatable bonds is 7. The van der Waals surface area contributed by atoms with E-state index in [0.29, 0.717) is 34.6 Å². The normalized spacial score (nSPS) is 12.5. The lowest BCUT2D eigenvalue weighted by Gasteiger charge is -2.13. The highest BCUT2D eigenvalue weighted by Crippen LogP contribution is 2.33. The quantitative estimate of drug-likeness (QED) is 0.190. The summed E-state index contributed by atoms with van der Waals surface area (Å²) >= 11 is 0. The Kier molecular flexibility index (Phi) is 6.39. The van der Waals surface area contributed by atoms with Crippen LogP contribution < -0.4 is 10.3 Å². The van der Waals surface area contributed by atoms with Gasteiger partial charge in [0.25, 0.3) is 5.56 Å². The van der Waals surface area contributed by atoms with Crippen LogP contribution in [0.25, 0.3) is 44.4 Å². The fourth-order valence-corrected chi connectivity index (χ4v) is 4.86. The molecule has 0 aliphatic carbocycles. The number of ether oxygens (including phenoxy) is 2. The van der Waals surface area contributed by atoms with Crippen molar-refractivity contribution in [2.75, 3.05) is 13.7 Å². The molecule has 0 amide bonds. The molecule has 40 heavy (non-hydrogen) atoms. The van der Waals surface area contributed by atoms with Gasteiger partial charge in [0.1, 0.15) is 17.4 Å². The molecular formula is C31H26N4O5. The predicted octanol–water partition coefficient (Wildman–Crippen LogP) is 5.78. The van der Waals surface area contributed by atoms with Crippen LogP contribution in [0.15, 0.2) is 93.3 Å². The van der Waals surface area contributed by atoms with Gasteiger partial charge < -0.3 is 18.5 Å². The minimum atomic E-state index is -0.543. The minimum absolute atomic E-state index is 0.252. The molecule has 0 fully saturated rings. The van der Waals surface area contributed by atoms with Gasteiger partial charge >= 0.3 is 5.97 Å². The predicted molar refractivity (Wildman–Crippen MR) is 154 cm³/mol. The van der Waals surface area contributed by atoms with E-state index in [1.807, 2.05) is 59.3 Å². The van der Waals surface area contributed by atoms with Crippen molar-refractivity contribution in [3.63, 3.8) is 0 Å². The first-order chi connectivity index (χ1) is 19.5. The molecule has 6 rings (SSSR count). The van der Waals surface area contributed by atoms with Crippen molar-refractivity contribution in [1.82, 2.24) is 14.2 Å². The molecule has 1 atom stereocenters. The van der Waals surface area contributed by atoms with Crippen molar-refractivity contribution < 1.29 is 18.7 Å². The number of hydrogen-bond acceptors (Lipinski definition) is 7. The van der Waals surface area contributed by atoms with Gasteiger partial charge in [0.05, 0.1) is 36.2 Å². The summed E-state index contributed by atoms with van der Waals surface area (Å²) in [6.45, 7) is 3.86. The lowest BCUT2D eigenvalue weighted by molar-refractivity contribution is -0.146.